The summed E-state index contributed by atoms with van der Waals surface area (Å²) in [5.41, 5.74) is 9.10. The molecule has 17 heavy (non-hydrogen) atoms. The molecule has 2 nitrogen and oxygen atoms in total. The van der Waals surface area contributed by atoms with Crippen LogP contribution in [-0.4, -0.2) is 13.1 Å². The van der Waals surface area contributed by atoms with E-state index in [-0.39, 0.29) is 0 Å². The van der Waals surface area contributed by atoms with E-state index in [0.717, 1.165) is 36.3 Å². The molecule has 2 rings (SSSR count). The maximum Gasteiger partial charge on any atom is 0.0741 e. The highest BCUT2D eigenvalue weighted by Crippen LogP contribution is 2.35. The molecule has 1 fully saturated rings. The summed E-state index contributed by atoms with van der Waals surface area (Å²) in [6.07, 6.45) is 1.30. The number of nitrogens with zero attached hydrogens (tertiary/aromatic N) is 1. The summed E-state index contributed by atoms with van der Waals surface area (Å²) in [5, 5.41) is 0.672. The minimum absolute atomic E-state index is 0.672. The number of rotatable bonds is 1. The molecule has 0 bridgehead atoms. The van der Waals surface area contributed by atoms with Crippen molar-refractivity contribution in [1.82, 2.24) is 0 Å². The van der Waals surface area contributed by atoms with Crippen molar-refractivity contribution in [2.45, 2.75) is 27.2 Å². The van der Waals surface area contributed by atoms with Crippen molar-refractivity contribution in [3.63, 3.8) is 0 Å². The smallest absolute Gasteiger partial charge is 0.0741 e. The van der Waals surface area contributed by atoms with Crippen LogP contribution in [0, 0.1) is 18.8 Å². The Hall–Kier alpha value is -0.890. The Bertz CT molecular complexity index is 407. The molecule has 1 aromatic carbocycles. The largest absolute Gasteiger partial charge is 0.396 e. The Morgan fingerprint density at radius 1 is 1.24 bits per heavy atom. The summed E-state index contributed by atoms with van der Waals surface area (Å²) in [6.45, 7) is 8.82. The molecule has 94 valence electrons. The van der Waals surface area contributed by atoms with Gasteiger partial charge in [0, 0.05) is 13.1 Å². The molecule has 0 radical (unpaired) electrons. The van der Waals surface area contributed by atoms with Gasteiger partial charge in [-0.3, -0.25) is 0 Å². The molecule has 2 atom stereocenters. The van der Waals surface area contributed by atoms with E-state index in [1.807, 2.05) is 6.07 Å². The standard InChI is InChI=1S/C14H21ClN2/c1-9-5-12(15)14(16)13(6-9)17-7-10(2)4-11(3)8-17/h5-6,10-11H,4,7-8,16H2,1-3H3. The molecule has 1 heterocycles. The number of nitrogens with two attached hydrogens (primary N) is 1. The predicted molar refractivity (Wildman–Crippen MR) is 75.8 cm³/mol. The van der Waals surface area contributed by atoms with Crippen molar-refractivity contribution in [2.75, 3.05) is 23.7 Å². The number of hydrogen-bond donors (Lipinski definition) is 1. The van der Waals surface area contributed by atoms with Crippen molar-refractivity contribution in [3.05, 3.63) is 22.7 Å². The molecule has 0 saturated carbocycles. The zero-order valence-corrected chi connectivity index (χ0v) is 11.6. The first-order chi connectivity index (χ1) is 7.97. The SMILES string of the molecule is Cc1cc(Cl)c(N)c(N2CC(C)CC(C)C2)c1. The van der Waals surface area contributed by atoms with E-state index < -0.39 is 0 Å². The van der Waals surface area contributed by atoms with Crippen molar-refractivity contribution in [1.29, 1.82) is 0 Å². The van der Waals surface area contributed by atoms with Gasteiger partial charge in [0.15, 0.2) is 0 Å². The van der Waals surface area contributed by atoms with E-state index in [1.165, 1.54) is 12.0 Å². The fourth-order valence-corrected chi connectivity index (χ4v) is 3.13. The van der Waals surface area contributed by atoms with Gasteiger partial charge in [-0.1, -0.05) is 25.4 Å². The van der Waals surface area contributed by atoms with Crippen LogP contribution in [0.3, 0.4) is 0 Å². The fourth-order valence-electron chi connectivity index (χ4n) is 2.86. The van der Waals surface area contributed by atoms with Crippen molar-refractivity contribution >= 4 is 23.0 Å². The topological polar surface area (TPSA) is 29.3 Å². The Morgan fingerprint density at radius 2 is 1.82 bits per heavy atom. The lowest BCUT2D eigenvalue weighted by atomic mass is 9.91. The van der Waals surface area contributed by atoms with Crippen LogP contribution in [0.1, 0.15) is 25.8 Å². The first-order valence-electron chi connectivity index (χ1n) is 6.28. The Balaban J connectivity index is 2.33. The molecule has 1 aliphatic heterocycles. The lowest BCUT2D eigenvalue weighted by molar-refractivity contribution is 0.357. The molecule has 1 aromatic rings. The molecule has 0 aromatic heterocycles. The van der Waals surface area contributed by atoms with Crippen LogP contribution < -0.4 is 10.6 Å². The van der Waals surface area contributed by atoms with Crippen LogP contribution in [-0.2, 0) is 0 Å². The molecule has 2 N–H and O–H groups in total. The van der Waals surface area contributed by atoms with Gasteiger partial charge >= 0.3 is 0 Å². The quantitative estimate of drug-likeness (QED) is 0.772. The third-order valence-electron chi connectivity index (χ3n) is 3.46. The number of piperidine rings is 1. The minimum atomic E-state index is 0.672. The second-order valence-corrected chi connectivity index (χ2v) is 5.94. The van der Waals surface area contributed by atoms with Crippen LogP contribution in [0.2, 0.25) is 5.02 Å². The van der Waals surface area contributed by atoms with E-state index in [2.05, 4.69) is 31.7 Å². The summed E-state index contributed by atoms with van der Waals surface area (Å²) in [4.78, 5) is 2.38. The van der Waals surface area contributed by atoms with Gasteiger partial charge in [0.05, 0.1) is 16.4 Å². The number of benzene rings is 1. The summed E-state index contributed by atoms with van der Waals surface area (Å²) in [5.74, 6) is 1.44. The van der Waals surface area contributed by atoms with Crippen LogP contribution in [0.25, 0.3) is 0 Å². The number of nitrogen functional groups attached to an aromatic ring is 1. The number of hydrogen-bond acceptors (Lipinski definition) is 2. The molecular weight excluding hydrogens is 232 g/mol. The molecule has 0 aliphatic carbocycles. The minimum Gasteiger partial charge on any atom is -0.396 e. The van der Waals surface area contributed by atoms with Gasteiger partial charge in [0.25, 0.3) is 0 Å². The normalized spacial score (nSPS) is 25.1. The van der Waals surface area contributed by atoms with Gasteiger partial charge in [0.2, 0.25) is 0 Å². The summed E-state index contributed by atoms with van der Waals surface area (Å²) in [6, 6.07) is 4.07. The van der Waals surface area contributed by atoms with Crippen molar-refractivity contribution < 1.29 is 0 Å². The summed E-state index contributed by atoms with van der Waals surface area (Å²) >= 11 is 6.16. The lowest BCUT2D eigenvalue weighted by Gasteiger charge is -2.37. The Morgan fingerprint density at radius 3 is 2.41 bits per heavy atom. The van der Waals surface area contributed by atoms with Crippen LogP contribution in [0.4, 0.5) is 11.4 Å². The first kappa shape index (κ1) is 12.6. The monoisotopic (exact) mass is 252 g/mol. The van der Waals surface area contributed by atoms with E-state index in [0.29, 0.717) is 5.02 Å². The third kappa shape index (κ3) is 2.68. The van der Waals surface area contributed by atoms with Gasteiger partial charge in [-0.2, -0.15) is 0 Å². The second-order valence-electron chi connectivity index (χ2n) is 5.53. The average molecular weight is 253 g/mol. The van der Waals surface area contributed by atoms with Gasteiger partial charge in [-0.05, 0) is 42.9 Å². The average Bonchev–Trinajstić information content (AvgIpc) is 2.22. The number of halogens is 1. The maximum absolute atomic E-state index is 6.16. The van der Waals surface area contributed by atoms with E-state index in [9.17, 15) is 0 Å². The molecule has 1 saturated heterocycles. The molecule has 0 amide bonds. The van der Waals surface area contributed by atoms with Crippen LogP contribution >= 0.6 is 11.6 Å². The van der Waals surface area contributed by atoms with Gasteiger partial charge in [-0.15, -0.1) is 0 Å². The Labute approximate surface area is 109 Å². The molecule has 3 heteroatoms. The molecule has 1 aliphatic rings. The molecule has 2 unspecified atom stereocenters. The zero-order chi connectivity index (χ0) is 12.6. The highest BCUT2D eigenvalue weighted by molar-refractivity contribution is 6.33. The van der Waals surface area contributed by atoms with Crippen molar-refractivity contribution in [2.24, 2.45) is 11.8 Å². The van der Waals surface area contributed by atoms with Crippen LogP contribution in [0.15, 0.2) is 12.1 Å². The first-order valence-corrected chi connectivity index (χ1v) is 6.65. The molecule has 0 spiro atoms. The van der Waals surface area contributed by atoms with Crippen LogP contribution in [0.5, 0.6) is 0 Å². The highest BCUT2D eigenvalue weighted by atomic mass is 35.5. The summed E-state index contributed by atoms with van der Waals surface area (Å²) < 4.78 is 0. The number of aryl methyl sites for hydroxylation is 1. The lowest BCUT2D eigenvalue weighted by Crippen LogP contribution is -2.39. The van der Waals surface area contributed by atoms with E-state index in [4.69, 9.17) is 17.3 Å². The fraction of sp³-hybridized carbons (Fsp3) is 0.571. The number of anilines is 2. The molecular formula is C14H21ClN2. The third-order valence-corrected chi connectivity index (χ3v) is 3.77. The highest BCUT2D eigenvalue weighted by Gasteiger charge is 2.23. The maximum atomic E-state index is 6.16. The summed E-state index contributed by atoms with van der Waals surface area (Å²) in [7, 11) is 0. The second kappa shape index (κ2) is 4.77. The Kier molecular flexibility index (Phi) is 3.53. The van der Waals surface area contributed by atoms with Gasteiger partial charge < -0.3 is 10.6 Å². The van der Waals surface area contributed by atoms with E-state index >= 15 is 0 Å². The van der Waals surface area contributed by atoms with Gasteiger partial charge in [-0.25, -0.2) is 0 Å². The van der Waals surface area contributed by atoms with Crippen molar-refractivity contribution in [3.8, 4) is 0 Å². The zero-order valence-electron chi connectivity index (χ0n) is 10.8. The van der Waals surface area contributed by atoms with Gasteiger partial charge in [0.1, 0.15) is 0 Å². The van der Waals surface area contributed by atoms with E-state index in [1.54, 1.807) is 0 Å². The predicted octanol–water partition coefficient (Wildman–Crippen LogP) is 3.71.